The van der Waals surface area contributed by atoms with Crippen LogP contribution in [-0.4, -0.2) is 50.6 Å². The second-order valence-electron chi connectivity index (χ2n) is 5.65. The Labute approximate surface area is 117 Å². The molecule has 0 saturated carbocycles. The molecule has 1 unspecified atom stereocenters. The van der Waals surface area contributed by atoms with Crippen LogP contribution in [0.1, 0.15) is 33.6 Å². The van der Waals surface area contributed by atoms with Crippen molar-refractivity contribution in [3.8, 4) is 0 Å². The van der Waals surface area contributed by atoms with Crippen LogP contribution >= 0.6 is 0 Å². The minimum atomic E-state index is 0.0920. The highest BCUT2D eigenvalue weighted by Crippen LogP contribution is 2.16. The molecule has 1 saturated heterocycles. The summed E-state index contributed by atoms with van der Waals surface area (Å²) in [5, 5.41) is 6.27. The van der Waals surface area contributed by atoms with E-state index in [1.165, 1.54) is 5.57 Å². The van der Waals surface area contributed by atoms with Crippen LogP contribution in [0.4, 0.5) is 0 Å². The fourth-order valence-corrected chi connectivity index (χ4v) is 2.61. The summed E-state index contributed by atoms with van der Waals surface area (Å²) in [7, 11) is 4.19. The van der Waals surface area contributed by atoms with E-state index in [1.54, 1.807) is 0 Å². The highest BCUT2D eigenvalue weighted by molar-refractivity contribution is 5.93. The highest BCUT2D eigenvalue weighted by Gasteiger charge is 2.22. The highest BCUT2D eigenvalue weighted by atomic mass is 16.1. The van der Waals surface area contributed by atoms with Gasteiger partial charge in [-0.05, 0) is 32.5 Å². The first-order valence-corrected chi connectivity index (χ1v) is 7.35. The zero-order chi connectivity index (χ0) is 14.4. The predicted octanol–water partition coefficient (Wildman–Crippen LogP) is 1.39. The maximum absolute atomic E-state index is 12.1. The molecule has 19 heavy (non-hydrogen) atoms. The molecule has 0 bridgehead atoms. The van der Waals surface area contributed by atoms with Crippen LogP contribution in [0.2, 0.25) is 0 Å². The summed E-state index contributed by atoms with van der Waals surface area (Å²) in [5.41, 5.74) is 2.13. The summed E-state index contributed by atoms with van der Waals surface area (Å²) in [5.74, 6) is 0.725. The Bertz CT molecular complexity index is 326. The molecule has 0 aliphatic carbocycles. The summed E-state index contributed by atoms with van der Waals surface area (Å²) in [6, 6.07) is 0.413. The molecule has 1 heterocycles. The molecule has 1 aliphatic heterocycles. The lowest BCUT2D eigenvalue weighted by Gasteiger charge is -2.31. The summed E-state index contributed by atoms with van der Waals surface area (Å²) in [6.07, 6.45) is 2.30. The molecule has 0 aromatic carbocycles. The largest absolute Gasteiger partial charge is 0.351 e. The minimum absolute atomic E-state index is 0.0920. The van der Waals surface area contributed by atoms with Gasteiger partial charge in [0, 0.05) is 31.2 Å². The van der Waals surface area contributed by atoms with E-state index in [1.807, 2.05) is 6.92 Å². The number of hydrogen-bond acceptors (Lipinski definition) is 3. The fraction of sp³-hybridized carbons (Fsp3) is 0.800. The van der Waals surface area contributed by atoms with Gasteiger partial charge in [0.05, 0.1) is 0 Å². The number of nitrogens with one attached hydrogen (secondary N) is 2. The smallest absolute Gasteiger partial charge is 0.247 e. The van der Waals surface area contributed by atoms with E-state index in [0.29, 0.717) is 12.0 Å². The van der Waals surface area contributed by atoms with Gasteiger partial charge in [0.2, 0.25) is 5.91 Å². The first-order valence-electron chi connectivity index (χ1n) is 7.35. The van der Waals surface area contributed by atoms with Gasteiger partial charge in [-0.15, -0.1) is 0 Å². The predicted molar refractivity (Wildman–Crippen MR) is 80.1 cm³/mol. The van der Waals surface area contributed by atoms with Crippen LogP contribution < -0.4 is 10.6 Å². The van der Waals surface area contributed by atoms with Gasteiger partial charge in [0.25, 0.3) is 0 Å². The van der Waals surface area contributed by atoms with Crippen molar-refractivity contribution in [3.05, 3.63) is 11.1 Å². The molecule has 1 atom stereocenters. The zero-order valence-electron chi connectivity index (χ0n) is 13.0. The van der Waals surface area contributed by atoms with E-state index in [-0.39, 0.29) is 5.91 Å². The normalized spacial score (nSPS) is 16.5. The van der Waals surface area contributed by atoms with Crippen LogP contribution in [-0.2, 0) is 4.79 Å². The second-order valence-corrected chi connectivity index (χ2v) is 5.65. The van der Waals surface area contributed by atoms with Crippen molar-refractivity contribution in [2.45, 2.75) is 39.7 Å². The van der Waals surface area contributed by atoms with Gasteiger partial charge in [-0.3, -0.25) is 4.79 Å². The molecular formula is C15H29N3O. The van der Waals surface area contributed by atoms with E-state index >= 15 is 0 Å². The molecule has 110 valence electrons. The summed E-state index contributed by atoms with van der Waals surface area (Å²) in [6.45, 7) is 8.83. The van der Waals surface area contributed by atoms with Gasteiger partial charge >= 0.3 is 0 Å². The van der Waals surface area contributed by atoms with E-state index in [0.717, 1.165) is 38.0 Å². The molecule has 4 nitrogen and oxygen atoms in total. The van der Waals surface area contributed by atoms with Gasteiger partial charge in [-0.1, -0.05) is 26.7 Å². The monoisotopic (exact) mass is 267 g/mol. The Morgan fingerprint density at radius 2 is 1.89 bits per heavy atom. The lowest BCUT2D eigenvalue weighted by molar-refractivity contribution is -0.117. The number of nitrogens with zero attached hydrogens (tertiary/aromatic N) is 1. The van der Waals surface area contributed by atoms with E-state index in [2.05, 4.69) is 43.5 Å². The molecule has 1 amide bonds. The van der Waals surface area contributed by atoms with E-state index < -0.39 is 0 Å². The maximum atomic E-state index is 12.1. The molecule has 0 aromatic heterocycles. The van der Waals surface area contributed by atoms with Gasteiger partial charge < -0.3 is 15.5 Å². The minimum Gasteiger partial charge on any atom is -0.351 e. The van der Waals surface area contributed by atoms with Gasteiger partial charge in [-0.25, -0.2) is 0 Å². The second kappa shape index (κ2) is 7.65. The summed E-state index contributed by atoms with van der Waals surface area (Å²) < 4.78 is 0. The fourth-order valence-electron chi connectivity index (χ4n) is 2.61. The standard InChI is InChI=1S/C15H29N3O/c1-6-12(7-2)14(18(4)5)10-17-15(19)11(3)13-8-16-9-13/h12,14,16H,6-10H2,1-5H3,(H,17,19). The number of amides is 1. The van der Waals surface area contributed by atoms with Gasteiger partial charge in [0.15, 0.2) is 0 Å². The van der Waals surface area contributed by atoms with Gasteiger partial charge in [0.1, 0.15) is 0 Å². The van der Waals surface area contributed by atoms with Crippen molar-refractivity contribution < 1.29 is 4.79 Å². The van der Waals surface area contributed by atoms with Crippen LogP contribution in [0.15, 0.2) is 11.1 Å². The lowest BCUT2D eigenvalue weighted by atomic mass is 9.93. The molecular weight excluding hydrogens is 238 g/mol. The van der Waals surface area contributed by atoms with Crippen LogP contribution in [0.3, 0.4) is 0 Å². The molecule has 1 rings (SSSR count). The number of rotatable bonds is 7. The number of carbonyl (C=O) groups is 1. The lowest BCUT2D eigenvalue weighted by Crippen LogP contribution is -2.45. The van der Waals surface area contributed by atoms with Crippen molar-refractivity contribution in [3.63, 3.8) is 0 Å². The van der Waals surface area contributed by atoms with E-state index in [9.17, 15) is 4.79 Å². The number of hydrogen-bond donors (Lipinski definition) is 2. The molecule has 0 spiro atoms. The molecule has 0 radical (unpaired) electrons. The Kier molecular flexibility index (Phi) is 6.52. The maximum Gasteiger partial charge on any atom is 0.247 e. The first kappa shape index (κ1) is 16.2. The third-order valence-corrected chi connectivity index (χ3v) is 4.28. The molecule has 2 N–H and O–H groups in total. The topological polar surface area (TPSA) is 44.4 Å². The SMILES string of the molecule is CCC(CC)C(CNC(=O)C(C)=C1CNC1)N(C)C. The third kappa shape index (κ3) is 4.32. The van der Waals surface area contributed by atoms with Crippen LogP contribution in [0.5, 0.6) is 0 Å². The Balaban J connectivity index is 2.54. The summed E-state index contributed by atoms with van der Waals surface area (Å²) >= 11 is 0. The van der Waals surface area contributed by atoms with Crippen molar-refractivity contribution >= 4 is 5.91 Å². The molecule has 1 fully saturated rings. The Hall–Kier alpha value is -0.870. The van der Waals surface area contributed by atoms with Crippen LogP contribution in [0.25, 0.3) is 0 Å². The van der Waals surface area contributed by atoms with Crippen molar-refractivity contribution in [2.24, 2.45) is 5.92 Å². The molecule has 4 heteroatoms. The van der Waals surface area contributed by atoms with E-state index in [4.69, 9.17) is 0 Å². The average molecular weight is 267 g/mol. The van der Waals surface area contributed by atoms with Gasteiger partial charge in [-0.2, -0.15) is 0 Å². The third-order valence-electron chi connectivity index (χ3n) is 4.28. The van der Waals surface area contributed by atoms with Crippen molar-refractivity contribution in [1.29, 1.82) is 0 Å². The number of carbonyl (C=O) groups excluding carboxylic acids is 1. The number of likely N-dealkylation sites (N-methyl/N-ethyl adjacent to an activating group) is 1. The quantitative estimate of drug-likeness (QED) is 0.685. The summed E-state index contributed by atoms with van der Waals surface area (Å²) in [4.78, 5) is 14.3. The van der Waals surface area contributed by atoms with Crippen molar-refractivity contribution in [2.75, 3.05) is 33.7 Å². The van der Waals surface area contributed by atoms with Crippen molar-refractivity contribution in [1.82, 2.24) is 15.5 Å². The zero-order valence-corrected chi connectivity index (χ0v) is 13.0. The average Bonchev–Trinajstić information content (AvgIpc) is 2.31. The molecule has 1 aliphatic rings. The molecule has 0 aromatic rings. The Morgan fingerprint density at radius 3 is 2.26 bits per heavy atom. The Morgan fingerprint density at radius 1 is 1.32 bits per heavy atom. The first-order chi connectivity index (χ1) is 9.01. The van der Waals surface area contributed by atoms with Crippen LogP contribution in [0, 0.1) is 5.92 Å².